The fourth-order valence-electron chi connectivity index (χ4n) is 1.19. The first kappa shape index (κ1) is 10.6. The van der Waals surface area contributed by atoms with Crippen LogP contribution in [0.4, 0.5) is 5.82 Å². The number of hydrogen-bond acceptors (Lipinski definition) is 4. The van der Waals surface area contributed by atoms with Crippen molar-refractivity contribution in [2.75, 3.05) is 5.32 Å². The minimum atomic E-state index is 0.193. The van der Waals surface area contributed by atoms with E-state index in [1.165, 1.54) is 0 Å². The van der Waals surface area contributed by atoms with Gasteiger partial charge in [0, 0.05) is 22.2 Å². The van der Waals surface area contributed by atoms with Gasteiger partial charge in [-0.3, -0.25) is 0 Å². The molecule has 0 spiro atoms. The van der Waals surface area contributed by atoms with E-state index in [0.717, 1.165) is 15.3 Å². The number of halogens is 1. The van der Waals surface area contributed by atoms with E-state index in [9.17, 15) is 0 Å². The normalized spacial score (nSPS) is 12.4. The number of rotatable bonds is 3. The molecule has 3 nitrogen and oxygen atoms in total. The van der Waals surface area contributed by atoms with Crippen molar-refractivity contribution in [3.63, 3.8) is 0 Å². The van der Waals surface area contributed by atoms with Gasteiger partial charge in [-0.05, 0) is 35.0 Å². The molecule has 0 aliphatic carbocycles. The molecule has 1 unspecified atom stereocenters. The molecule has 0 aliphatic heterocycles. The van der Waals surface area contributed by atoms with Crippen LogP contribution in [0, 0.1) is 0 Å². The monoisotopic (exact) mass is 283 g/mol. The first-order valence-corrected chi connectivity index (χ1v) is 6.20. The van der Waals surface area contributed by atoms with Gasteiger partial charge in [0.05, 0.1) is 6.04 Å². The van der Waals surface area contributed by atoms with Gasteiger partial charge in [-0.15, -0.1) is 11.3 Å². The predicted octanol–water partition coefficient (Wildman–Crippen LogP) is 3.47. The van der Waals surface area contributed by atoms with Crippen LogP contribution in [0.1, 0.15) is 18.0 Å². The number of anilines is 1. The first-order chi connectivity index (χ1) is 7.25. The molecular formula is C10H10BrN3S. The number of thiazole rings is 1. The Bertz CT molecular complexity index is 413. The van der Waals surface area contributed by atoms with Crippen LogP contribution in [-0.2, 0) is 0 Å². The van der Waals surface area contributed by atoms with Gasteiger partial charge in [-0.1, -0.05) is 0 Å². The van der Waals surface area contributed by atoms with Crippen LogP contribution >= 0.6 is 27.3 Å². The maximum Gasteiger partial charge on any atom is 0.126 e. The lowest BCUT2D eigenvalue weighted by Crippen LogP contribution is -2.07. The highest BCUT2D eigenvalue weighted by molar-refractivity contribution is 9.10. The number of aromatic nitrogens is 2. The summed E-state index contributed by atoms with van der Waals surface area (Å²) in [6, 6.07) is 4.09. The van der Waals surface area contributed by atoms with E-state index in [1.807, 2.05) is 23.7 Å². The largest absolute Gasteiger partial charge is 0.361 e. The van der Waals surface area contributed by atoms with Gasteiger partial charge < -0.3 is 5.32 Å². The first-order valence-electron chi connectivity index (χ1n) is 4.53. The molecule has 0 saturated heterocycles. The van der Waals surface area contributed by atoms with Crippen molar-refractivity contribution in [2.45, 2.75) is 13.0 Å². The average Bonchev–Trinajstić information content (AvgIpc) is 2.74. The van der Waals surface area contributed by atoms with Crippen molar-refractivity contribution >= 4 is 33.1 Å². The van der Waals surface area contributed by atoms with E-state index in [2.05, 4.69) is 38.1 Å². The number of hydrogen-bond donors (Lipinski definition) is 1. The highest BCUT2D eigenvalue weighted by Crippen LogP contribution is 2.20. The van der Waals surface area contributed by atoms with Crippen LogP contribution in [-0.4, -0.2) is 9.97 Å². The smallest absolute Gasteiger partial charge is 0.126 e. The molecule has 0 fully saturated rings. The molecule has 78 valence electrons. The molecule has 15 heavy (non-hydrogen) atoms. The molecule has 2 aromatic rings. The van der Waals surface area contributed by atoms with E-state index in [-0.39, 0.29) is 6.04 Å². The van der Waals surface area contributed by atoms with Crippen LogP contribution in [0.2, 0.25) is 0 Å². The molecule has 0 amide bonds. The molecule has 2 rings (SSSR count). The Morgan fingerprint density at radius 2 is 2.27 bits per heavy atom. The number of nitrogens with zero attached hydrogens (tertiary/aromatic N) is 2. The Morgan fingerprint density at radius 1 is 1.40 bits per heavy atom. The SMILES string of the molecule is CC(Nc1ccc(Br)cn1)c1nccs1. The third kappa shape index (κ3) is 2.76. The lowest BCUT2D eigenvalue weighted by molar-refractivity contribution is 0.860. The second-order valence-corrected chi connectivity index (χ2v) is 4.94. The van der Waals surface area contributed by atoms with Gasteiger partial charge in [0.2, 0.25) is 0 Å². The predicted molar refractivity (Wildman–Crippen MR) is 66.1 cm³/mol. The molecule has 0 saturated carbocycles. The zero-order valence-corrected chi connectivity index (χ0v) is 10.5. The Kier molecular flexibility index (Phi) is 3.33. The van der Waals surface area contributed by atoms with Crippen molar-refractivity contribution in [1.29, 1.82) is 0 Å². The topological polar surface area (TPSA) is 37.8 Å². The summed E-state index contributed by atoms with van der Waals surface area (Å²) in [5.41, 5.74) is 0. The van der Waals surface area contributed by atoms with E-state index >= 15 is 0 Å². The molecule has 0 radical (unpaired) electrons. The van der Waals surface area contributed by atoms with Crippen molar-refractivity contribution in [1.82, 2.24) is 9.97 Å². The minimum absolute atomic E-state index is 0.193. The summed E-state index contributed by atoms with van der Waals surface area (Å²) >= 11 is 4.99. The minimum Gasteiger partial charge on any atom is -0.361 e. The zero-order chi connectivity index (χ0) is 10.7. The third-order valence-electron chi connectivity index (χ3n) is 1.91. The van der Waals surface area contributed by atoms with Crippen molar-refractivity contribution < 1.29 is 0 Å². The van der Waals surface area contributed by atoms with Gasteiger partial charge in [-0.25, -0.2) is 9.97 Å². The summed E-state index contributed by atoms with van der Waals surface area (Å²) in [6.45, 7) is 2.07. The van der Waals surface area contributed by atoms with E-state index in [0.29, 0.717) is 0 Å². The van der Waals surface area contributed by atoms with Gasteiger partial charge in [0.1, 0.15) is 10.8 Å². The van der Waals surface area contributed by atoms with E-state index in [1.54, 1.807) is 17.5 Å². The summed E-state index contributed by atoms with van der Waals surface area (Å²) in [4.78, 5) is 8.50. The second kappa shape index (κ2) is 4.72. The Labute approximate surface area is 101 Å². The van der Waals surface area contributed by atoms with E-state index < -0.39 is 0 Å². The van der Waals surface area contributed by atoms with Gasteiger partial charge in [0.25, 0.3) is 0 Å². The standard InChI is InChI=1S/C10H10BrN3S/c1-7(10-12-4-5-15-10)14-9-3-2-8(11)6-13-9/h2-7H,1H3,(H,13,14). The molecular weight excluding hydrogens is 274 g/mol. The van der Waals surface area contributed by atoms with Gasteiger partial charge >= 0.3 is 0 Å². The van der Waals surface area contributed by atoms with Crippen molar-refractivity contribution in [2.24, 2.45) is 0 Å². The Morgan fingerprint density at radius 3 is 2.87 bits per heavy atom. The average molecular weight is 284 g/mol. The van der Waals surface area contributed by atoms with Crippen LogP contribution in [0.3, 0.4) is 0 Å². The fraction of sp³-hybridized carbons (Fsp3) is 0.200. The van der Waals surface area contributed by atoms with Crippen molar-refractivity contribution in [3.8, 4) is 0 Å². The lowest BCUT2D eigenvalue weighted by atomic mass is 10.3. The van der Waals surface area contributed by atoms with Crippen LogP contribution < -0.4 is 5.32 Å². The summed E-state index contributed by atoms with van der Waals surface area (Å²) < 4.78 is 0.981. The molecule has 1 atom stereocenters. The molecule has 5 heteroatoms. The highest BCUT2D eigenvalue weighted by atomic mass is 79.9. The van der Waals surface area contributed by atoms with Gasteiger partial charge in [-0.2, -0.15) is 0 Å². The fourth-order valence-corrected chi connectivity index (χ4v) is 2.07. The van der Waals surface area contributed by atoms with Crippen LogP contribution in [0.25, 0.3) is 0 Å². The number of nitrogens with one attached hydrogen (secondary N) is 1. The maximum atomic E-state index is 4.25. The second-order valence-electron chi connectivity index (χ2n) is 3.10. The Hall–Kier alpha value is -0.940. The zero-order valence-electron chi connectivity index (χ0n) is 8.14. The number of pyridine rings is 1. The molecule has 0 aromatic carbocycles. The van der Waals surface area contributed by atoms with Gasteiger partial charge in [0.15, 0.2) is 0 Å². The third-order valence-corrected chi connectivity index (χ3v) is 3.34. The molecule has 1 N–H and O–H groups in total. The molecule has 2 aromatic heterocycles. The molecule has 2 heterocycles. The quantitative estimate of drug-likeness (QED) is 0.937. The highest BCUT2D eigenvalue weighted by Gasteiger charge is 2.07. The van der Waals surface area contributed by atoms with E-state index in [4.69, 9.17) is 0 Å². The summed E-state index contributed by atoms with van der Waals surface area (Å²) in [6.07, 6.45) is 3.59. The van der Waals surface area contributed by atoms with Crippen LogP contribution in [0.15, 0.2) is 34.4 Å². The summed E-state index contributed by atoms with van der Waals surface area (Å²) in [7, 11) is 0. The molecule has 0 aliphatic rings. The Balaban J connectivity index is 2.06. The van der Waals surface area contributed by atoms with Crippen LogP contribution in [0.5, 0.6) is 0 Å². The maximum absolute atomic E-state index is 4.25. The summed E-state index contributed by atoms with van der Waals surface area (Å²) in [5.74, 6) is 0.862. The lowest BCUT2D eigenvalue weighted by Gasteiger charge is -2.11. The van der Waals surface area contributed by atoms with Crippen molar-refractivity contribution in [3.05, 3.63) is 39.4 Å². The molecule has 0 bridgehead atoms. The summed E-state index contributed by atoms with van der Waals surface area (Å²) in [5, 5.41) is 6.33.